The second-order valence-corrected chi connectivity index (χ2v) is 5.46. The van der Waals surface area contributed by atoms with Crippen molar-refractivity contribution in [1.29, 1.82) is 0 Å². The van der Waals surface area contributed by atoms with Gasteiger partial charge in [0.25, 0.3) is 5.91 Å². The average molecular weight is 357 g/mol. The number of pyridine rings is 1. The van der Waals surface area contributed by atoms with E-state index in [0.717, 1.165) is 5.56 Å². The number of rotatable bonds is 4. The van der Waals surface area contributed by atoms with Gasteiger partial charge in [-0.15, -0.1) is 0 Å². The van der Waals surface area contributed by atoms with E-state index in [0.29, 0.717) is 16.4 Å². The molecule has 2 heterocycles. The molecule has 3 rings (SSSR count). The lowest BCUT2D eigenvalue weighted by Gasteiger charge is -2.07. The number of aromatic nitrogens is 3. The molecular formula is C17H13ClN4O3. The predicted molar refractivity (Wildman–Crippen MR) is 92.6 cm³/mol. The van der Waals surface area contributed by atoms with E-state index in [1.807, 2.05) is 6.07 Å². The van der Waals surface area contributed by atoms with Crippen LogP contribution in [0.15, 0.2) is 48.8 Å². The molecule has 0 unspecified atom stereocenters. The summed E-state index contributed by atoms with van der Waals surface area (Å²) in [7, 11) is 1.28. The molecule has 1 amide bonds. The van der Waals surface area contributed by atoms with Crippen molar-refractivity contribution < 1.29 is 14.3 Å². The summed E-state index contributed by atoms with van der Waals surface area (Å²) in [5.74, 6) is -0.959. The van der Waals surface area contributed by atoms with Crippen molar-refractivity contribution in [1.82, 2.24) is 15.2 Å². The van der Waals surface area contributed by atoms with Gasteiger partial charge in [-0.05, 0) is 36.4 Å². The third-order valence-corrected chi connectivity index (χ3v) is 3.75. The van der Waals surface area contributed by atoms with Crippen LogP contribution in [0.3, 0.4) is 0 Å². The fourth-order valence-corrected chi connectivity index (χ4v) is 2.32. The summed E-state index contributed by atoms with van der Waals surface area (Å²) in [6, 6.07) is 9.69. The molecule has 0 atom stereocenters. The van der Waals surface area contributed by atoms with Crippen LogP contribution in [0, 0.1) is 0 Å². The maximum absolute atomic E-state index is 12.4. The Hall–Kier alpha value is -3.19. The van der Waals surface area contributed by atoms with Gasteiger partial charge < -0.3 is 10.1 Å². The van der Waals surface area contributed by atoms with Gasteiger partial charge >= 0.3 is 5.97 Å². The lowest BCUT2D eigenvalue weighted by molar-refractivity contribution is 0.0600. The summed E-state index contributed by atoms with van der Waals surface area (Å²) < 4.78 is 4.66. The second-order valence-electron chi connectivity index (χ2n) is 5.05. The maximum Gasteiger partial charge on any atom is 0.337 e. The Morgan fingerprint density at radius 2 is 2.08 bits per heavy atom. The number of anilines is 1. The Morgan fingerprint density at radius 3 is 2.80 bits per heavy atom. The normalized spacial score (nSPS) is 10.3. The third kappa shape index (κ3) is 3.67. The van der Waals surface area contributed by atoms with Crippen LogP contribution < -0.4 is 5.32 Å². The zero-order chi connectivity index (χ0) is 17.8. The van der Waals surface area contributed by atoms with Crippen LogP contribution in [-0.4, -0.2) is 34.2 Å². The largest absolute Gasteiger partial charge is 0.465 e. The molecule has 1 aromatic carbocycles. The highest BCUT2D eigenvalue weighted by atomic mass is 35.5. The summed E-state index contributed by atoms with van der Waals surface area (Å²) in [4.78, 5) is 28.0. The van der Waals surface area contributed by atoms with Gasteiger partial charge in [0.05, 0.1) is 29.1 Å². The molecule has 0 aliphatic rings. The first-order valence-corrected chi connectivity index (χ1v) is 7.61. The molecule has 2 N–H and O–H groups in total. The minimum absolute atomic E-state index is 0.249. The number of H-pyrrole nitrogens is 1. The molecule has 25 heavy (non-hydrogen) atoms. The molecule has 0 spiro atoms. The number of aromatic amines is 1. The van der Waals surface area contributed by atoms with Crippen molar-refractivity contribution in [3.8, 4) is 11.3 Å². The summed E-state index contributed by atoms with van der Waals surface area (Å²) in [5, 5.41) is 9.71. The summed E-state index contributed by atoms with van der Waals surface area (Å²) in [5.41, 5.74) is 2.20. The fraction of sp³-hybridized carbons (Fsp3) is 0.0588. The summed E-state index contributed by atoms with van der Waals surface area (Å²) in [6.07, 6.45) is 3.30. The third-order valence-electron chi connectivity index (χ3n) is 3.42. The number of nitrogens with zero attached hydrogens (tertiary/aromatic N) is 2. The van der Waals surface area contributed by atoms with Crippen molar-refractivity contribution in [2.24, 2.45) is 0 Å². The highest BCUT2D eigenvalue weighted by Crippen LogP contribution is 2.24. The highest BCUT2D eigenvalue weighted by Gasteiger charge is 2.15. The standard InChI is InChI=1S/C17H13ClN4O3/c1-25-17(24)10-4-5-12(18)14(7-10)20-16(23)15-8-13(21-22-15)11-3-2-6-19-9-11/h2-9H,1H3,(H,20,23)(H,21,22). The molecule has 0 saturated carbocycles. The predicted octanol–water partition coefficient (Wildman–Crippen LogP) is 3.16. The fourth-order valence-electron chi connectivity index (χ4n) is 2.16. The van der Waals surface area contributed by atoms with E-state index in [1.54, 1.807) is 24.5 Å². The number of methoxy groups -OCH3 is 1. The number of halogens is 1. The molecule has 2 aromatic heterocycles. The van der Waals surface area contributed by atoms with Crippen molar-refractivity contribution >= 4 is 29.2 Å². The minimum atomic E-state index is -0.521. The van der Waals surface area contributed by atoms with Gasteiger partial charge in [0.2, 0.25) is 0 Å². The number of carbonyl (C=O) groups is 2. The molecule has 8 heteroatoms. The first kappa shape index (κ1) is 16.7. The van der Waals surface area contributed by atoms with Crippen LogP contribution >= 0.6 is 11.6 Å². The molecule has 0 fully saturated rings. The highest BCUT2D eigenvalue weighted by molar-refractivity contribution is 6.34. The van der Waals surface area contributed by atoms with Crippen LogP contribution in [0.25, 0.3) is 11.3 Å². The Kier molecular flexibility index (Phi) is 4.76. The van der Waals surface area contributed by atoms with Crippen LogP contribution in [0.2, 0.25) is 5.02 Å². The van der Waals surface area contributed by atoms with Gasteiger partial charge in [0.15, 0.2) is 0 Å². The Labute approximate surface area is 148 Å². The van der Waals surface area contributed by atoms with E-state index in [2.05, 4.69) is 25.2 Å². The smallest absolute Gasteiger partial charge is 0.337 e. The van der Waals surface area contributed by atoms with E-state index in [1.165, 1.54) is 25.3 Å². The number of carbonyl (C=O) groups excluding carboxylic acids is 2. The molecule has 0 radical (unpaired) electrons. The zero-order valence-electron chi connectivity index (χ0n) is 13.1. The monoisotopic (exact) mass is 356 g/mol. The number of amides is 1. The summed E-state index contributed by atoms with van der Waals surface area (Å²) >= 11 is 6.08. The molecule has 3 aromatic rings. The van der Waals surface area contributed by atoms with Gasteiger partial charge in [0.1, 0.15) is 5.69 Å². The number of ether oxygens (including phenoxy) is 1. The van der Waals surface area contributed by atoms with Crippen LogP contribution in [0.4, 0.5) is 5.69 Å². The molecule has 0 saturated heterocycles. The van der Waals surface area contributed by atoms with E-state index >= 15 is 0 Å². The SMILES string of the molecule is COC(=O)c1ccc(Cl)c(NC(=O)c2cc(-c3cccnc3)n[nH]2)c1. The van der Waals surface area contributed by atoms with E-state index < -0.39 is 11.9 Å². The molecule has 126 valence electrons. The van der Waals surface area contributed by atoms with Crippen molar-refractivity contribution in [3.05, 3.63) is 65.1 Å². The Balaban J connectivity index is 1.81. The van der Waals surface area contributed by atoms with Crippen molar-refractivity contribution in [2.75, 3.05) is 12.4 Å². The minimum Gasteiger partial charge on any atom is -0.465 e. The van der Waals surface area contributed by atoms with Gasteiger partial charge in [-0.2, -0.15) is 5.10 Å². The number of nitrogens with one attached hydrogen (secondary N) is 2. The molecular weight excluding hydrogens is 344 g/mol. The summed E-state index contributed by atoms with van der Waals surface area (Å²) in [6.45, 7) is 0. The van der Waals surface area contributed by atoms with Gasteiger partial charge in [-0.25, -0.2) is 4.79 Å². The second kappa shape index (κ2) is 7.14. The maximum atomic E-state index is 12.4. The Morgan fingerprint density at radius 1 is 1.24 bits per heavy atom. The average Bonchev–Trinajstić information content (AvgIpc) is 3.14. The number of hydrogen-bond donors (Lipinski definition) is 2. The quantitative estimate of drug-likeness (QED) is 0.700. The topological polar surface area (TPSA) is 97.0 Å². The molecule has 0 aliphatic heterocycles. The van der Waals surface area contributed by atoms with Gasteiger partial charge in [-0.3, -0.25) is 14.9 Å². The van der Waals surface area contributed by atoms with Gasteiger partial charge in [0, 0.05) is 18.0 Å². The molecule has 0 bridgehead atoms. The van der Waals surface area contributed by atoms with Crippen LogP contribution in [0.5, 0.6) is 0 Å². The molecule has 7 nitrogen and oxygen atoms in total. The van der Waals surface area contributed by atoms with Crippen LogP contribution in [-0.2, 0) is 4.74 Å². The van der Waals surface area contributed by atoms with E-state index in [-0.39, 0.29) is 11.3 Å². The first-order chi connectivity index (χ1) is 12.1. The lowest BCUT2D eigenvalue weighted by Crippen LogP contribution is -2.13. The number of hydrogen-bond acceptors (Lipinski definition) is 5. The lowest BCUT2D eigenvalue weighted by atomic mass is 10.2. The zero-order valence-corrected chi connectivity index (χ0v) is 13.9. The Bertz CT molecular complexity index is 925. The van der Waals surface area contributed by atoms with Crippen LogP contribution in [0.1, 0.15) is 20.8 Å². The first-order valence-electron chi connectivity index (χ1n) is 7.23. The number of benzene rings is 1. The van der Waals surface area contributed by atoms with E-state index in [9.17, 15) is 9.59 Å². The number of esters is 1. The van der Waals surface area contributed by atoms with Crippen molar-refractivity contribution in [3.63, 3.8) is 0 Å². The van der Waals surface area contributed by atoms with Crippen molar-refractivity contribution in [2.45, 2.75) is 0 Å². The van der Waals surface area contributed by atoms with E-state index in [4.69, 9.17) is 11.6 Å². The van der Waals surface area contributed by atoms with Gasteiger partial charge in [-0.1, -0.05) is 11.6 Å². The molecule has 0 aliphatic carbocycles.